The van der Waals surface area contributed by atoms with Crippen molar-refractivity contribution < 1.29 is 9.90 Å². The summed E-state index contributed by atoms with van der Waals surface area (Å²) in [6.45, 7) is 6.28. The van der Waals surface area contributed by atoms with Gasteiger partial charge in [-0.3, -0.25) is 9.69 Å². The first-order chi connectivity index (χ1) is 13.1. The van der Waals surface area contributed by atoms with E-state index in [0.29, 0.717) is 23.4 Å². The molecule has 27 heavy (non-hydrogen) atoms. The first-order valence-electron chi connectivity index (χ1n) is 10.1. The van der Waals surface area contributed by atoms with Crippen LogP contribution >= 0.6 is 11.6 Å². The van der Waals surface area contributed by atoms with E-state index in [2.05, 4.69) is 16.8 Å². The zero-order valence-electron chi connectivity index (χ0n) is 16.3. The van der Waals surface area contributed by atoms with Crippen LogP contribution in [0.4, 0.5) is 0 Å². The Morgan fingerprint density at radius 2 is 2.00 bits per heavy atom. The Labute approximate surface area is 167 Å². The lowest BCUT2D eigenvalue weighted by atomic mass is 9.86. The number of piperazine rings is 1. The number of halogens is 1. The van der Waals surface area contributed by atoms with Crippen LogP contribution in [0, 0.1) is 5.92 Å². The van der Waals surface area contributed by atoms with Crippen LogP contribution in [0.15, 0.2) is 24.3 Å². The predicted octanol–water partition coefficient (Wildman–Crippen LogP) is 2.12. The van der Waals surface area contributed by atoms with Gasteiger partial charge in [-0.25, -0.2) is 0 Å². The maximum absolute atomic E-state index is 12.8. The fourth-order valence-electron chi connectivity index (χ4n) is 4.45. The number of carbonyl (C=O) groups is 1. The minimum absolute atomic E-state index is 0.183. The summed E-state index contributed by atoms with van der Waals surface area (Å²) in [6.07, 6.45) is 3.23. The second-order valence-corrected chi connectivity index (χ2v) is 8.40. The van der Waals surface area contributed by atoms with Crippen LogP contribution in [0.5, 0.6) is 0 Å². The number of rotatable bonds is 6. The Kier molecular flexibility index (Phi) is 7.53. The standard InChI is InChI=1S/C21H32ClN3O2/c1-23-9-11-24(12-10-23)20-7-8-25(16-18(20)5-3-13-26)21(27)15-17-4-2-6-19(22)14-17/h2,4,6,14,18,20,26H,3,5,7-13,15-16H2,1H3/t18-,20+/m0/s1. The van der Waals surface area contributed by atoms with Crippen molar-refractivity contribution in [2.75, 3.05) is 52.9 Å². The van der Waals surface area contributed by atoms with Crippen molar-refractivity contribution >= 4 is 17.5 Å². The topological polar surface area (TPSA) is 47.0 Å². The van der Waals surface area contributed by atoms with Crippen LogP contribution < -0.4 is 0 Å². The number of likely N-dealkylation sites (N-methyl/N-ethyl adjacent to an activating group) is 1. The summed E-state index contributed by atoms with van der Waals surface area (Å²) in [6, 6.07) is 8.10. The average molecular weight is 394 g/mol. The van der Waals surface area contributed by atoms with E-state index < -0.39 is 0 Å². The van der Waals surface area contributed by atoms with E-state index in [0.717, 1.165) is 64.1 Å². The molecule has 0 unspecified atom stereocenters. The molecule has 2 aliphatic heterocycles. The number of amides is 1. The fraction of sp³-hybridized carbons (Fsp3) is 0.667. The first kappa shape index (κ1) is 20.6. The third kappa shape index (κ3) is 5.67. The fourth-order valence-corrected chi connectivity index (χ4v) is 4.66. The van der Waals surface area contributed by atoms with Crippen LogP contribution in [-0.4, -0.2) is 84.7 Å². The molecule has 2 fully saturated rings. The molecule has 1 aromatic rings. The second-order valence-electron chi connectivity index (χ2n) is 7.97. The summed E-state index contributed by atoms with van der Waals surface area (Å²) in [7, 11) is 2.18. The molecule has 5 nitrogen and oxygen atoms in total. The minimum Gasteiger partial charge on any atom is -0.396 e. The highest BCUT2D eigenvalue weighted by Crippen LogP contribution is 2.27. The molecule has 0 bridgehead atoms. The van der Waals surface area contributed by atoms with E-state index >= 15 is 0 Å². The van der Waals surface area contributed by atoms with Gasteiger partial charge in [-0.1, -0.05) is 23.7 Å². The molecule has 1 N–H and O–H groups in total. The molecule has 150 valence electrons. The van der Waals surface area contributed by atoms with Crippen LogP contribution in [-0.2, 0) is 11.2 Å². The van der Waals surface area contributed by atoms with Gasteiger partial charge in [-0.05, 0) is 49.9 Å². The number of likely N-dealkylation sites (tertiary alicyclic amines) is 1. The van der Waals surface area contributed by atoms with E-state index in [4.69, 9.17) is 11.6 Å². The van der Waals surface area contributed by atoms with Gasteiger partial charge >= 0.3 is 0 Å². The molecule has 2 saturated heterocycles. The second kappa shape index (κ2) is 9.87. The highest BCUT2D eigenvalue weighted by molar-refractivity contribution is 6.30. The monoisotopic (exact) mass is 393 g/mol. The van der Waals surface area contributed by atoms with Crippen molar-refractivity contribution in [1.82, 2.24) is 14.7 Å². The molecule has 1 aromatic carbocycles. The highest BCUT2D eigenvalue weighted by Gasteiger charge is 2.35. The van der Waals surface area contributed by atoms with E-state index in [1.807, 2.05) is 29.2 Å². The molecule has 0 saturated carbocycles. The molecule has 0 aromatic heterocycles. The number of hydrogen-bond acceptors (Lipinski definition) is 4. The quantitative estimate of drug-likeness (QED) is 0.804. The lowest BCUT2D eigenvalue weighted by molar-refractivity contribution is -0.133. The van der Waals surface area contributed by atoms with Crippen LogP contribution in [0.1, 0.15) is 24.8 Å². The lowest BCUT2D eigenvalue weighted by Gasteiger charge is -2.46. The van der Waals surface area contributed by atoms with E-state index in [1.165, 1.54) is 0 Å². The molecule has 0 aliphatic carbocycles. The molecule has 1 amide bonds. The molecule has 6 heteroatoms. The summed E-state index contributed by atoms with van der Waals surface area (Å²) in [4.78, 5) is 19.9. The summed E-state index contributed by atoms with van der Waals surface area (Å²) in [5.41, 5.74) is 0.973. The van der Waals surface area contributed by atoms with Gasteiger partial charge in [-0.2, -0.15) is 0 Å². The zero-order valence-corrected chi connectivity index (χ0v) is 17.1. The summed E-state index contributed by atoms with van der Waals surface area (Å²) >= 11 is 6.05. The maximum atomic E-state index is 12.8. The number of aliphatic hydroxyl groups is 1. The maximum Gasteiger partial charge on any atom is 0.227 e. The number of piperidine rings is 1. The Bertz CT molecular complexity index is 619. The summed E-state index contributed by atoms with van der Waals surface area (Å²) in [5.74, 6) is 0.626. The largest absolute Gasteiger partial charge is 0.396 e. The van der Waals surface area contributed by atoms with Crippen molar-refractivity contribution in [3.8, 4) is 0 Å². The summed E-state index contributed by atoms with van der Waals surface area (Å²) < 4.78 is 0. The zero-order chi connectivity index (χ0) is 19.2. The van der Waals surface area contributed by atoms with Gasteiger partial charge in [0.25, 0.3) is 0 Å². The SMILES string of the molecule is CN1CCN([C@@H]2CCN(C(=O)Cc3cccc(Cl)c3)C[C@@H]2CCCO)CC1. The molecule has 2 heterocycles. The molecule has 0 spiro atoms. The Morgan fingerprint density at radius 1 is 1.22 bits per heavy atom. The number of carbonyl (C=O) groups excluding carboxylic acids is 1. The smallest absolute Gasteiger partial charge is 0.227 e. The molecule has 0 radical (unpaired) electrons. The highest BCUT2D eigenvalue weighted by atomic mass is 35.5. The van der Waals surface area contributed by atoms with Gasteiger partial charge in [0.05, 0.1) is 6.42 Å². The Morgan fingerprint density at radius 3 is 2.70 bits per heavy atom. The Balaban J connectivity index is 1.61. The molecular formula is C21H32ClN3O2. The van der Waals surface area contributed by atoms with Crippen LogP contribution in [0.25, 0.3) is 0 Å². The van der Waals surface area contributed by atoms with Gasteiger partial charge < -0.3 is 14.9 Å². The van der Waals surface area contributed by atoms with E-state index in [9.17, 15) is 9.90 Å². The van der Waals surface area contributed by atoms with Crippen molar-refractivity contribution in [2.24, 2.45) is 5.92 Å². The number of aliphatic hydroxyl groups excluding tert-OH is 1. The number of hydrogen-bond donors (Lipinski definition) is 1. The van der Waals surface area contributed by atoms with Gasteiger partial charge in [-0.15, -0.1) is 0 Å². The first-order valence-corrected chi connectivity index (χ1v) is 10.5. The van der Waals surface area contributed by atoms with Gasteiger partial charge in [0.15, 0.2) is 0 Å². The van der Waals surface area contributed by atoms with Crippen molar-refractivity contribution in [2.45, 2.75) is 31.7 Å². The summed E-state index contributed by atoms with van der Waals surface area (Å²) in [5, 5.41) is 9.99. The van der Waals surface area contributed by atoms with E-state index in [-0.39, 0.29) is 12.5 Å². The predicted molar refractivity (Wildman–Crippen MR) is 109 cm³/mol. The van der Waals surface area contributed by atoms with Crippen LogP contribution in [0.2, 0.25) is 5.02 Å². The lowest BCUT2D eigenvalue weighted by Crippen LogP contribution is -2.57. The van der Waals surface area contributed by atoms with Gasteiger partial charge in [0.2, 0.25) is 5.91 Å². The van der Waals surface area contributed by atoms with Crippen molar-refractivity contribution in [3.05, 3.63) is 34.9 Å². The third-order valence-electron chi connectivity index (χ3n) is 6.03. The van der Waals surface area contributed by atoms with Crippen molar-refractivity contribution in [1.29, 1.82) is 0 Å². The normalized spacial score (nSPS) is 24.9. The van der Waals surface area contributed by atoms with Gasteiger partial charge in [0, 0.05) is 56.9 Å². The minimum atomic E-state index is 0.183. The Hall–Kier alpha value is -1.14. The van der Waals surface area contributed by atoms with Gasteiger partial charge in [0.1, 0.15) is 0 Å². The molecule has 2 atom stereocenters. The van der Waals surface area contributed by atoms with Crippen molar-refractivity contribution in [3.63, 3.8) is 0 Å². The van der Waals surface area contributed by atoms with E-state index in [1.54, 1.807) is 0 Å². The third-order valence-corrected chi connectivity index (χ3v) is 6.27. The number of nitrogens with zero attached hydrogens (tertiary/aromatic N) is 3. The average Bonchev–Trinajstić information content (AvgIpc) is 2.67. The molecule has 3 rings (SSSR count). The molecule has 2 aliphatic rings. The van der Waals surface area contributed by atoms with Crippen LogP contribution in [0.3, 0.4) is 0 Å². The number of benzene rings is 1. The molecular weight excluding hydrogens is 362 g/mol.